The molecule has 6 nitrogen and oxygen atoms in total. The average molecular weight is 286 g/mol. The number of aromatic nitrogens is 5. The lowest BCUT2D eigenvalue weighted by Gasteiger charge is -2.05. The zero-order valence-corrected chi connectivity index (χ0v) is 10.5. The van der Waals surface area contributed by atoms with Crippen molar-refractivity contribution in [2.75, 3.05) is 5.73 Å². The molecule has 0 saturated heterocycles. The van der Waals surface area contributed by atoms with Gasteiger partial charge in [0.1, 0.15) is 17.2 Å². The number of hydrogen-bond acceptors (Lipinski definition) is 4. The lowest BCUT2D eigenvalue weighted by molar-refractivity contribution is 0.568. The van der Waals surface area contributed by atoms with Gasteiger partial charge in [-0.15, -0.1) is 0 Å². The summed E-state index contributed by atoms with van der Waals surface area (Å²) in [5.74, 6) is -1.41. The number of halogens is 2. The Morgan fingerprint density at radius 1 is 1.24 bits per heavy atom. The topological polar surface area (TPSA) is 84.9 Å². The van der Waals surface area contributed by atoms with Gasteiger partial charge in [-0.2, -0.15) is 4.39 Å². The van der Waals surface area contributed by atoms with Crippen LogP contribution in [-0.2, 0) is 0 Å². The van der Waals surface area contributed by atoms with Gasteiger partial charge in [0, 0.05) is 29.5 Å². The first-order valence-electron chi connectivity index (χ1n) is 6.06. The van der Waals surface area contributed by atoms with Crippen LogP contribution in [-0.4, -0.2) is 24.3 Å². The van der Waals surface area contributed by atoms with Gasteiger partial charge in [-0.1, -0.05) is 0 Å². The number of H-pyrrole nitrogens is 1. The van der Waals surface area contributed by atoms with E-state index in [2.05, 4.69) is 19.9 Å². The summed E-state index contributed by atoms with van der Waals surface area (Å²) in [7, 11) is 0. The Morgan fingerprint density at radius 3 is 2.95 bits per heavy atom. The molecule has 21 heavy (non-hydrogen) atoms. The molecule has 3 N–H and O–H groups in total. The largest absolute Gasteiger partial charge is 0.380 e. The van der Waals surface area contributed by atoms with Crippen molar-refractivity contribution in [2.24, 2.45) is 0 Å². The molecule has 0 aliphatic rings. The highest BCUT2D eigenvalue weighted by atomic mass is 19.1. The van der Waals surface area contributed by atoms with Crippen LogP contribution in [0, 0.1) is 11.8 Å². The fraction of sp³-hybridized carbons (Fsp3) is 0. The zero-order chi connectivity index (χ0) is 14.6. The maximum absolute atomic E-state index is 13.9. The molecule has 4 aromatic rings. The van der Waals surface area contributed by atoms with Gasteiger partial charge in [0.25, 0.3) is 0 Å². The number of fused-ring (bicyclic) bond motifs is 2. The van der Waals surface area contributed by atoms with E-state index in [-0.39, 0.29) is 5.82 Å². The summed E-state index contributed by atoms with van der Waals surface area (Å²) in [5, 5.41) is 0.526. The van der Waals surface area contributed by atoms with E-state index in [1.807, 2.05) is 0 Å². The van der Waals surface area contributed by atoms with Crippen LogP contribution >= 0.6 is 0 Å². The number of nitrogens with two attached hydrogens (primary N) is 1. The fourth-order valence-electron chi connectivity index (χ4n) is 2.33. The number of hydrogen-bond donors (Lipinski definition) is 2. The van der Waals surface area contributed by atoms with Crippen molar-refractivity contribution < 1.29 is 8.78 Å². The van der Waals surface area contributed by atoms with Crippen LogP contribution in [0.4, 0.5) is 14.6 Å². The molecule has 4 heterocycles. The molecule has 0 unspecified atom stereocenters. The third-order valence-corrected chi connectivity index (χ3v) is 3.26. The Labute approximate surface area is 116 Å². The van der Waals surface area contributed by atoms with E-state index >= 15 is 0 Å². The second kappa shape index (κ2) is 3.98. The van der Waals surface area contributed by atoms with Gasteiger partial charge in [-0.25, -0.2) is 19.3 Å². The summed E-state index contributed by atoms with van der Waals surface area (Å²) in [4.78, 5) is 15.0. The third kappa shape index (κ3) is 1.59. The van der Waals surface area contributed by atoms with Crippen molar-refractivity contribution in [1.82, 2.24) is 24.3 Å². The molecular formula is C13H8F2N6. The normalized spacial score (nSPS) is 11.5. The van der Waals surface area contributed by atoms with Crippen molar-refractivity contribution in [1.29, 1.82) is 0 Å². The summed E-state index contributed by atoms with van der Waals surface area (Å²) >= 11 is 0. The van der Waals surface area contributed by atoms with Crippen molar-refractivity contribution in [3.8, 4) is 11.3 Å². The maximum atomic E-state index is 13.9. The number of anilines is 1. The van der Waals surface area contributed by atoms with Crippen LogP contribution in [0.5, 0.6) is 0 Å². The highest BCUT2D eigenvalue weighted by Gasteiger charge is 2.17. The SMILES string of the molecule is Nc1nc(-c2c[nH]c3ncc(F)cc23)c2nccn2c1F. The Bertz CT molecular complexity index is 987. The van der Waals surface area contributed by atoms with E-state index in [9.17, 15) is 8.78 Å². The highest BCUT2D eigenvalue weighted by Crippen LogP contribution is 2.30. The molecule has 0 bridgehead atoms. The second-order valence-corrected chi connectivity index (χ2v) is 4.51. The number of nitrogen functional groups attached to an aromatic ring is 1. The van der Waals surface area contributed by atoms with Crippen LogP contribution in [0.2, 0.25) is 0 Å². The molecule has 0 atom stereocenters. The first-order valence-corrected chi connectivity index (χ1v) is 6.06. The fourth-order valence-corrected chi connectivity index (χ4v) is 2.33. The quantitative estimate of drug-likeness (QED) is 0.561. The molecule has 4 rings (SSSR count). The van der Waals surface area contributed by atoms with Crippen LogP contribution < -0.4 is 5.73 Å². The number of rotatable bonds is 1. The Hall–Kier alpha value is -3.03. The monoisotopic (exact) mass is 286 g/mol. The predicted molar refractivity (Wildman–Crippen MR) is 72.4 cm³/mol. The number of imidazole rings is 1. The second-order valence-electron chi connectivity index (χ2n) is 4.51. The van der Waals surface area contributed by atoms with Gasteiger partial charge in [-0.3, -0.25) is 4.40 Å². The lowest BCUT2D eigenvalue weighted by atomic mass is 10.1. The molecule has 0 fully saturated rings. The molecule has 0 aliphatic heterocycles. The highest BCUT2D eigenvalue weighted by molar-refractivity contribution is 5.96. The summed E-state index contributed by atoms with van der Waals surface area (Å²) < 4.78 is 28.5. The first-order chi connectivity index (χ1) is 10.1. The molecule has 0 aromatic carbocycles. The van der Waals surface area contributed by atoms with Crippen LogP contribution in [0.15, 0.2) is 30.9 Å². The molecule has 4 aromatic heterocycles. The smallest absolute Gasteiger partial charge is 0.242 e. The lowest BCUT2D eigenvalue weighted by Crippen LogP contribution is -2.04. The van der Waals surface area contributed by atoms with E-state index < -0.39 is 11.8 Å². The Balaban J connectivity index is 2.11. The Kier molecular flexibility index (Phi) is 2.23. The van der Waals surface area contributed by atoms with E-state index in [4.69, 9.17) is 5.73 Å². The van der Waals surface area contributed by atoms with Crippen LogP contribution in [0.3, 0.4) is 0 Å². The molecular weight excluding hydrogens is 278 g/mol. The molecule has 0 radical (unpaired) electrons. The van der Waals surface area contributed by atoms with Gasteiger partial charge in [-0.05, 0) is 6.07 Å². The van der Waals surface area contributed by atoms with Crippen molar-refractivity contribution in [2.45, 2.75) is 0 Å². The third-order valence-electron chi connectivity index (χ3n) is 3.26. The average Bonchev–Trinajstić information content (AvgIpc) is 3.09. The first kappa shape index (κ1) is 11.8. The van der Waals surface area contributed by atoms with Gasteiger partial charge in [0.15, 0.2) is 11.5 Å². The van der Waals surface area contributed by atoms with Gasteiger partial charge in [0.2, 0.25) is 5.95 Å². The number of pyridine rings is 1. The summed E-state index contributed by atoms with van der Waals surface area (Å²) in [6, 6.07) is 1.33. The van der Waals surface area contributed by atoms with Crippen molar-refractivity contribution in [3.63, 3.8) is 0 Å². The minimum Gasteiger partial charge on any atom is -0.380 e. The zero-order valence-electron chi connectivity index (χ0n) is 10.5. The Morgan fingerprint density at radius 2 is 2.10 bits per heavy atom. The van der Waals surface area contributed by atoms with Crippen molar-refractivity contribution >= 4 is 22.5 Å². The maximum Gasteiger partial charge on any atom is 0.242 e. The van der Waals surface area contributed by atoms with Gasteiger partial charge < -0.3 is 10.7 Å². The minimum atomic E-state index is -0.685. The molecule has 0 aliphatic carbocycles. The molecule has 0 spiro atoms. The van der Waals surface area contributed by atoms with E-state index in [0.717, 1.165) is 6.20 Å². The number of nitrogens with one attached hydrogen (secondary N) is 1. The summed E-state index contributed by atoms with van der Waals surface area (Å²) in [5.41, 5.74) is 7.30. The van der Waals surface area contributed by atoms with E-state index in [1.54, 1.807) is 6.20 Å². The van der Waals surface area contributed by atoms with Crippen LogP contribution in [0.25, 0.3) is 27.9 Å². The molecule has 0 saturated carbocycles. The van der Waals surface area contributed by atoms with Gasteiger partial charge in [0.05, 0.1) is 6.20 Å². The number of aromatic amines is 1. The van der Waals surface area contributed by atoms with E-state index in [0.29, 0.717) is 27.9 Å². The minimum absolute atomic E-state index is 0.255. The van der Waals surface area contributed by atoms with E-state index in [1.165, 1.54) is 22.9 Å². The number of nitrogens with zero attached hydrogens (tertiary/aromatic N) is 4. The molecule has 8 heteroatoms. The predicted octanol–water partition coefficient (Wildman–Crippen LogP) is 2.13. The summed E-state index contributed by atoms with van der Waals surface area (Å²) in [6.45, 7) is 0. The molecule has 104 valence electrons. The van der Waals surface area contributed by atoms with Gasteiger partial charge >= 0.3 is 0 Å². The van der Waals surface area contributed by atoms with Crippen LogP contribution in [0.1, 0.15) is 0 Å². The molecule has 0 amide bonds. The standard InChI is InChI=1S/C13H8F2N6/c14-6-3-7-8(5-19-12(7)18-4-6)9-13-17-1-2-21(13)10(15)11(16)20-9/h1-5H,16H2,(H,18,19). The summed E-state index contributed by atoms with van der Waals surface area (Å²) in [6.07, 6.45) is 5.61. The van der Waals surface area contributed by atoms with Crippen molar-refractivity contribution in [3.05, 3.63) is 42.6 Å².